The van der Waals surface area contributed by atoms with Crippen molar-refractivity contribution in [2.45, 2.75) is 32.4 Å². The van der Waals surface area contributed by atoms with Gasteiger partial charge >= 0.3 is 0 Å². The summed E-state index contributed by atoms with van der Waals surface area (Å²) in [5.41, 5.74) is 2.73. The average Bonchev–Trinajstić information content (AvgIpc) is 2.80. The smallest absolute Gasteiger partial charge is 0.214 e. The lowest BCUT2D eigenvalue weighted by Gasteiger charge is -2.30. The summed E-state index contributed by atoms with van der Waals surface area (Å²) in [6, 6.07) is 17.1. The Bertz CT molecular complexity index is 891. The molecule has 1 aliphatic rings. The Morgan fingerprint density at radius 1 is 1.12 bits per heavy atom. The molecule has 0 fully saturated rings. The predicted molar refractivity (Wildman–Crippen MR) is 103 cm³/mol. The van der Waals surface area contributed by atoms with Gasteiger partial charge in [0.1, 0.15) is 0 Å². The van der Waals surface area contributed by atoms with Crippen molar-refractivity contribution in [1.82, 2.24) is 4.31 Å². The number of rotatable bonds is 5. The number of nitrogens with zero attached hydrogens (tertiary/aromatic N) is 3. The van der Waals surface area contributed by atoms with Gasteiger partial charge in [-0.05, 0) is 30.0 Å². The molecule has 0 N–H and O–H groups in total. The van der Waals surface area contributed by atoms with Crippen molar-refractivity contribution in [3.63, 3.8) is 0 Å². The van der Waals surface area contributed by atoms with Crippen LogP contribution >= 0.6 is 0 Å². The van der Waals surface area contributed by atoms with Crippen molar-refractivity contribution in [3.05, 3.63) is 65.7 Å². The summed E-state index contributed by atoms with van der Waals surface area (Å²) < 4.78 is 27.5. The second-order valence-electron chi connectivity index (χ2n) is 6.54. The number of benzene rings is 2. The average molecular weight is 369 g/mol. The largest absolute Gasteiger partial charge is 0.278 e. The maximum atomic E-state index is 13.0. The molecule has 0 bridgehead atoms. The Hall–Kier alpha value is -2.36. The molecule has 136 valence electrons. The molecule has 0 aromatic heterocycles. The zero-order chi connectivity index (χ0) is 18.6. The van der Waals surface area contributed by atoms with Crippen molar-refractivity contribution in [1.29, 1.82) is 5.26 Å². The van der Waals surface area contributed by atoms with Crippen LogP contribution in [0.15, 0.2) is 54.6 Å². The van der Waals surface area contributed by atoms with Gasteiger partial charge in [0.25, 0.3) is 0 Å². The van der Waals surface area contributed by atoms with Gasteiger partial charge in [-0.2, -0.15) is 9.57 Å². The van der Waals surface area contributed by atoms with Gasteiger partial charge in [0.05, 0.1) is 18.0 Å². The number of hydrogen-bond donors (Lipinski definition) is 0. The lowest BCUT2D eigenvalue weighted by atomic mass is 10.1. The molecule has 0 aliphatic carbocycles. The highest BCUT2D eigenvalue weighted by molar-refractivity contribution is 7.89. The third kappa shape index (κ3) is 3.90. The Balaban J connectivity index is 2.03. The first-order valence-electron chi connectivity index (χ1n) is 8.83. The fourth-order valence-electron chi connectivity index (χ4n) is 3.45. The third-order valence-corrected chi connectivity index (χ3v) is 6.73. The minimum atomic E-state index is -3.40. The zero-order valence-corrected chi connectivity index (χ0v) is 15.7. The summed E-state index contributed by atoms with van der Waals surface area (Å²) in [5.74, 6) is 0.118. The summed E-state index contributed by atoms with van der Waals surface area (Å²) in [6.07, 6.45) is 3.38. The van der Waals surface area contributed by atoms with Gasteiger partial charge in [0.15, 0.2) is 6.19 Å². The van der Waals surface area contributed by atoms with Crippen LogP contribution in [0, 0.1) is 11.5 Å². The Kier molecular flexibility index (Phi) is 5.60. The SMILES string of the molecule is CCCS(=O)(=O)N1Cc2ccccc2N(C#N)C[C@H]1Cc1ccccc1. The first-order chi connectivity index (χ1) is 12.5. The van der Waals surface area contributed by atoms with Crippen molar-refractivity contribution < 1.29 is 8.42 Å². The maximum Gasteiger partial charge on any atom is 0.214 e. The van der Waals surface area contributed by atoms with Gasteiger partial charge in [0, 0.05) is 12.6 Å². The molecule has 2 aromatic carbocycles. The molecule has 0 saturated heterocycles. The first-order valence-corrected chi connectivity index (χ1v) is 10.4. The number of anilines is 1. The van der Waals surface area contributed by atoms with Gasteiger partial charge in [0.2, 0.25) is 10.0 Å². The van der Waals surface area contributed by atoms with Crippen molar-refractivity contribution in [2.75, 3.05) is 17.2 Å². The van der Waals surface area contributed by atoms with Crippen molar-refractivity contribution in [2.24, 2.45) is 0 Å². The van der Waals surface area contributed by atoms with Crippen LogP contribution in [0.2, 0.25) is 0 Å². The summed E-state index contributed by atoms with van der Waals surface area (Å²) >= 11 is 0. The van der Waals surface area contributed by atoms with Gasteiger partial charge in [-0.1, -0.05) is 55.5 Å². The number of sulfonamides is 1. The van der Waals surface area contributed by atoms with Gasteiger partial charge in [-0.15, -0.1) is 0 Å². The molecule has 1 heterocycles. The quantitative estimate of drug-likeness (QED) is 0.760. The highest BCUT2D eigenvalue weighted by Crippen LogP contribution is 2.30. The van der Waals surface area contributed by atoms with Crippen LogP contribution in [0.25, 0.3) is 0 Å². The molecule has 3 rings (SSSR count). The van der Waals surface area contributed by atoms with Crippen LogP contribution in [0.5, 0.6) is 0 Å². The van der Waals surface area contributed by atoms with Crippen LogP contribution in [0.1, 0.15) is 24.5 Å². The van der Waals surface area contributed by atoms with Crippen LogP contribution in [0.3, 0.4) is 0 Å². The van der Waals surface area contributed by atoms with E-state index in [-0.39, 0.29) is 11.8 Å². The molecule has 26 heavy (non-hydrogen) atoms. The van der Waals surface area contributed by atoms with E-state index in [9.17, 15) is 13.7 Å². The molecular formula is C20H23N3O2S. The number of fused-ring (bicyclic) bond motifs is 1. The molecule has 5 nitrogen and oxygen atoms in total. The van der Waals surface area contributed by atoms with Crippen molar-refractivity contribution >= 4 is 15.7 Å². The molecule has 1 atom stereocenters. The van der Waals surface area contributed by atoms with Crippen LogP contribution in [0.4, 0.5) is 5.69 Å². The molecule has 0 unspecified atom stereocenters. The summed E-state index contributed by atoms with van der Waals surface area (Å²) in [6.45, 7) is 2.52. The number of nitriles is 1. The predicted octanol–water partition coefficient (Wildman–Crippen LogP) is 3.14. The van der Waals surface area contributed by atoms with Crippen LogP contribution in [-0.4, -0.2) is 31.1 Å². The topological polar surface area (TPSA) is 64.4 Å². The van der Waals surface area contributed by atoms with Gasteiger partial charge in [-0.25, -0.2) is 8.42 Å². The van der Waals surface area contributed by atoms with E-state index in [1.165, 1.54) is 0 Å². The second-order valence-corrected chi connectivity index (χ2v) is 8.59. The number of para-hydroxylation sites is 1. The van der Waals surface area contributed by atoms with E-state index < -0.39 is 10.0 Å². The Labute approximate surface area is 155 Å². The fraction of sp³-hybridized carbons (Fsp3) is 0.350. The van der Waals surface area contributed by atoms with E-state index in [1.807, 2.05) is 61.5 Å². The third-order valence-electron chi connectivity index (χ3n) is 4.66. The molecule has 0 radical (unpaired) electrons. The lowest BCUT2D eigenvalue weighted by Crippen LogP contribution is -2.45. The van der Waals surface area contributed by atoms with Crippen LogP contribution < -0.4 is 4.90 Å². The Morgan fingerprint density at radius 2 is 1.81 bits per heavy atom. The maximum absolute atomic E-state index is 13.0. The minimum Gasteiger partial charge on any atom is -0.278 e. The second kappa shape index (κ2) is 7.90. The number of hydrogen-bond acceptors (Lipinski definition) is 4. The van der Waals surface area contributed by atoms with Crippen molar-refractivity contribution in [3.8, 4) is 6.19 Å². The van der Waals surface area contributed by atoms with E-state index in [1.54, 1.807) is 9.21 Å². The fourth-order valence-corrected chi connectivity index (χ4v) is 5.13. The van der Waals surface area contributed by atoms with E-state index in [0.717, 1.165) is 16.8 Å². The first kappa shape index (κ1) is 18.4. The lowest BCUT2D eigenvalue weighted by molar-refractivity contribution is 0.321. The van der Waals surface area contributed by atoms with Crippen LogP contribution in [-0.2, 0) is 23.0 Å². The minimum absolute atomic E-state index is 0.118. The molecule has 1 aliphatic heterocycles. The van der Waals surface area contributed by atoms with E-state index in [2.05, 4.69) is 6.19 Å². The highest BCUT2D eigenvalue weighted by Gasteiger charge is 2.34. The zero-order valence-electron chi connectivity index (χ0n) is 14.9. The standard InChI is InChI=1S/C20H23N3O2S/c1-2-12-26(24,25)23-14-18-10-6-7-11-20(18)22(16-21)15-19(23)13-17-8-4-3-5-9-17/h3-11,19H,2,12-15H2,1H3/t19-/m1/s1. The monoisotopic (exact) mass is 369 g/mol. The molecule has 6 heteroatoms. The summed E-state index contributed by atoms with van der Waals surface area (Å²) in [4.78, 5) is 1.62. The summed E-state index contributed by atoms with van der Waals surface area (Å²) in [5, 5.41) is 9.65. The normalized spacial score (nSPS) is 18.0. The molecule has 0 spiro atoms. The molecule has 0 saturated carbocycles. The highest BCUT2D eigenvalue weighted by atomic mass is 32.2. The van der Waals surface area contributed by atoms with Gasteiger partial charge in [-0.3, -0.25) is 4.90 Å². The molecule has 2 aromatic rings. The van der Waals surface area contributed by atoms with E-state index in [4.69, 9.17) is 0 Å². The molecular weight excluding hydrogens is 346 g/mol. The molecule has 0 amide bonds. The summed E-state index contributed by atoms with van der Waals surface area (Å²) in [7, 11) is -3.40. The van der Waals surface area contributed by atoms with E-state index in [0.29, 0.717) is 25.9 Å². The van der Waals surface area contributed by atoms with E-state index >= 15 is 0 Å². The Morgan fingerprint density at radius 3 is 2.50 bits per heavy atom. The van der Waals surface area contributed by atoms with Gasteiger partial charge < -0.3 is 0 Å².